The zero-order chi connectivity index (χ0) is 16.9. The number of nitrogens with zero attached hydrogens (tertiary/aromatic N) is 1. The van der Waals surface area contributed by atoms with Gasteiger partial charge >= 0.3 is 6.18 Å². The third kappa shape index (κ3) is 2.93. The van der Waals surface area contributed by atoms with Crippen molar-refractivity contribution in [1.29, 1.82) is 0 Å². The van der Waals surface area contributed by atoms with Gasteiger partial charge in [0, 0.05) is 18.5 Å². The summed E-state index contributed by atoms with van der Waals surface area (Å²) in [6.07, 6.45) is 1.86. The van der Waals surface area contributed by atoms with E-state index in [1.165, 1.54) is 18.6 Å². The van der Waals surface area contributed by atoms with Crippen LogP contribution in [0.5, 0.6) is 0 Å². The van der Waals surface area contributed by atoms with Gasteiger partial charge in [0.1, 0.15) is 0 Å². The van der Waals surface area contributed by atoms with Gasteiger partial charge in [-0.1, -0.05) is 24.6 Å². The van der Waals surface area contributed by atoms with Gasteiger partial charge < -0.3 is 4.90 Å². The molecule has 1 aromatic rings. The fourth-order valence-electron chi connectivity index (χ4n) is 4.65. The van der Waals surface area contributed by atoms with E-state index in [4.69, 9.17) is 0 Å². The molecule has 2 nitrogen and oxygen atoms in total. The van der Waals surface area contributed by atoms with Gasteiger partial charge in [-0.15, -0.1) is 0 Å². The van der Waals surface area contributed by atoms with Crippen molar-refractivity contribution in [2.75, 3.05) is 0 Å². The molecule has 0 radical (unpaired) electrons. The van der Waals surface area contributed by atoms with Crippen LogP contribution in [0.2, 0.25) is 0 Å². The number of halogens is 3. The first-order chi connectivity index (χ1) is 11.4. The van der Waals surface area contributed by atoms with Crippen LogP contribution < -0.4 is 0 Å². The number of carbonyl (C=O) groups is 1. The lowest BCUT2D eigenvalue weighted by Crippen LogP contribution is -2.39. The monoisotopic (exact) mass is 337 g/mol. The predicted octanol–water partition coefficient (Wildman–Crippen LogP) is 4.63. The number of amides is 1. The van der Waals surface area contributed by atoms with Gasteiger partial charge in [-0.25, -0.2) is 0 Å². The summed E-state index contributed by atoms with van der Waals surface area (Å²) >= 11 is 0. The topological polar surface area (TPSA) is 20.3 Å². The van der Waals surface area contributed by atoms with Gasteiger partial charge in [0.25, 0.3) is 0 Å². The minimum Gasteiger partial charge on any atom is -0.335 e. The largest absolute Gasteiger partial charge is 0.416 e. The molecule has 1 aromatic carbocycles. The summed E-state index contributed by atoms with van der Waals surface area (Å²) in [6, 6.07) is 5.79. The highest BCUT2D eigenvalue weighted by Crippen LogP contribution is 2.49. The molecular weight excluding hydrogens is 315 g/mol. The number of hydrogen-bond acceptors (Lipinski definition) is 1. The minimum atomic E-state index is -4.37. The fourth-order valence-corrected chi connectivity index (χ4v) is 4.65. The van der Waals surface area contributed by atoms with Crippen molar-refractivity contribution in [2.45, 2.75) is 57.3 Å². The summed E-state index contributed by atoms with van der Waals surface area (Å²) in [7, 11) is 0. The molecule has 130 valence electrons. The third-order valence-corrected chi connectivity index (χ3v) is 5.99. The molecule has 0 aliphatic heterocycles. The molecule has 4 rings (SSSR count). The highest BCUT2D eigenvalue weighted by Gasteiger charge is 2.47. The van der Waals surface area contributed by atoms with Gasteiger partial charge in [-0.05, 0) is 55.6 Å². The number of rotatable bonds is 4. The van der Waals surface area contributed by atoms with Crippen LogP contribution in [0.4, 0.5) is 13.2 Å². The van der Waals surface area contributed by atoms with Crippen molar-refractivity contribution in [3.8, 4) is 0 Å². The second-order valence-electron chi connectivity index (χ2n) is 7.63. The highest BCUT2D eigenvalue weighted by molar-refractivity contribution is 5.80. The van der Waals surface area contributed by atoms with Crippen LogP contribution in [-0.2, 0) is 17.5 Å². The Bertz CT molecular complexity index is 638. The van der Waals surface area contributed by atoms with Crippen molar-refractivity contribution in [3.63, 3.8) is 0 Å². The zero-order valence-electron chi connectivity index (χ0n) is 13.6. The van der Waals surface area contributed by atoms with Crippen LogP contribution in [-0.4, -0.2) is 16.8 Å². The first-order valence-electron chi connectivity index (χ1n) is 8.89. The first kappa shape index (κ1) is 16.0. The smallest absolute Gasteiger partial charge is 0.335 e. The van der Waals surface area contributed by atoms with Crippen LogP contribution in [0.1, 0.15) is 49.7 Å². The molecule has 1 amide bonds. The Morgan fingerprint density at radius 3 is 2.42 bits per heavy atom. The van der Waals surface area contributed by atoms with Crippen LogP contribution in [0, 0.1) is 17.8 Å². The van der Waals surface area contributed by atoms with Crippen LogP contribution in [0.3, 0.4) is 0 Å². The third-order valence-electron chi connectivity index (χ3n) is 5.99. The van der Waals surface area contributed by atoms with Crippen molar-refractivity contribution in [2.24, 2.45) is 17.8 Å². The van der Waals surface area contributed by atoms with E-state index in [1.807, 2.05) is 0 Å². The first-order valence-corrected chi connectivity index (χ1v) is 8.89. The van der Waals surface area contributed by atoms with Gasteiger partial charge in [0.2, 0.25) is 5.91 Å². The maximum atomic E-state index is 13.2. The SMILES string of the molecule is O=C(C1CC2CCC1C2)N(Cc1ccccc1C(F)(F)F)C1CC1. The van der Waals surface area contributed by atoms with E-state index in [2.05, 4.69) is 0 Å². The van der Waals surface area contributed by atoms with Crippen LogP contribution >= 0.6 is 0 Å². The molecule has 0 aromatic heterocycles. The second kappa shape index (κ2) is 5.78. The maximum absolute atomic E-state index is 13.2. The number of carbonyl (C=O) groups excluding carboxylic acids is 1. The predicted molar refractivity (Wildman–Crippen MR) is 84.0 cm³/mol. The molecule has 3 fully saturated rings. The van der Waals surface area contributed by atoms with E-state index in [9.17, 15) is 18.0 Å². The summed E-state index contributed by atoms with van der Waals surface area (Å²) < 4.78 is 39.7. The Morgan fingerprint density at radius 2 is 1.83 bits per heavy atom. The maximum Gasteiger partial charge on any atom is 0.416 e. The molecule has 0 heterocycles. The van der Waals surface area contributed by atoms with E-state index >= 15 is 0 Å². The Kier molecular flexibility index (Phi) is 3.85. The molecule has 3 aliphatic carbocycles. The van der Waals surface area contributed by atoms with Crippen LogP contribution in [0.25, 0.3) is 0 Å². The Balaban J connectivity index is 1.56. The summed E-state index contributed by atoms with van der Waals surface area (Å²) in [6.45, 7) is 0.0903. The molecule has 3 saturated carbocycles. The number of alkyl halides is 3. The van der Waals surface area contributed by atoms with E-state index < -0.39 is 11.7 Å². The average molecular weight is 337 g/mol. The van der Waals surface area contributed by atoms with Crippen molar-refractivity contribution in [1.82, 2.24) is 4.90 Å². The molecule has 2 bridgehead atoms. The average Bonchev–Trinajstić information content (AvgIpc) is 3.16. The molecule has 0 spiro atoms. The minimum absolute atomic E-state index is 0.0439. The molecule has 5 heteroatoms. The number of hydrogen-bond donors (Lipinski definition) is 0. The summed E-state index contributed by atoms with van der Waals surface area (Å²) in [5.74, 6) is 1.26. The van der Waals surface area contributed by atoms with E-state index in [1.54, 1.807) is 11.0 Å². The molecule has 3 aliphatic rings. The second-order valence-corrected chi connectivity index (χ2v) is 7.63. The molecule has 0 saturated heterocycles. The van der Waals surface area contributed by atoms with E-state index in [0.29, 0.717) is 11.8 Å². The lowest BCUT2D eigenvalue weighted by atomic mass is 9.87. The van der Waals surface area contributed by atoms with Gasteiger partial charge in [-0.3, -0.25) is 4.79 Å². The lowest BCUT2D eigenvalue weighted by Gasteiger charge is -2.30. The van der Waals surface area contributed by atoms with Crippen LogP contribution in [0.15, 0.2) is 24.3 Å². The number of benzene rings is 1. The molecule has 24 heavy (non-hydrogen) atoms. The normalized spacial score (nSPS) is 29.0. The van der Waals surface area contributed by atoms with E-state index in [0.717, 1.165) is 38.2 Å². The van der Waals surface area contributed by atoms with Crippen molar-refractivity contribution in [3.05, 3.63) is 35.4 Å². The standard InChI is InChI=1S/C19H22F3NO/c20-19(21,22)17-4-2-1-3-14(17)11-23(15-7-8-15)18(24)16-10-12-5-6-13(16)9-12/h1-4,12-13,15-16H,5-11H2. The Labute approximate surface area is 140 Å². The zero-order valence-corrected chi connectivity index (χ0v) is 13.6. The summed E-state index contributed by atoms with van der Waals surface area (Å²) in [5.41, 5.74) is -0.398. The highest BCUT2D eigenvalue weighted by atomic mass is 19.4. The quantitative estimate of drug-likeness (QED) is 0.784. The van der Waals surface area contributed by atoms with E-state index in [-0.39, 0.29) is 30.0 Å². The Hall–Kier alpha value is -1.52. The lowest BCUT2D eigenvalue weighted by molar-refractivity contribution is -0.142. The number of fused-ring (bicyclic) bond motifs is 2. The van der Waals surface area contributed by atoms with Gasteiger partial charge in [0.15, 0.2) is 0 Å². The molecule has 0 N–H and O–H groups in total. The molecule has 3 unspecified atom stereocenters. The van der Waals surface area contributed by atoms with Crippen molar-refractivity contribution >= 4 is 5.91 Å². The van der Waals surface area contributed by atoms with Gasteiger partial charge in [0.05, 0.1) is 5.56 Å². The molecule has 3 atom stereocenters. The molecular formula is C19H22F3NO. The summed E-state index contributed by atoms with van der Waals surface area (Å²) in [4.78, 5) is 14.8. The Morgan fingerprint density at radius 1 is 1.08 bits per heavy atom. The summed E-state index contributed by atoms with van der Waals surface area (Å²) in [5, 5.41) is 0. The van der Waals surface area contributed by atoms with Gasteiger partial charge in [-0.2, -0.15) is 13.2 Å². The fraction of sp³-hybridized carbons (Fsp3) is 0.632. The van der Waals surface area contributed by atoms with Crippen molar-refractivity contribution < 1.29 is 18.0 Å².